The molecule has 4 rings (SSSR count). The zero-order valence-electron chi connectivity index (χ0n) is 14.4. The predicted octanol–water partition coefficient (Wildman–Crippen LogP) is 2.29. The van der Waals surface area contributed by atoms with Crippen LogP contribution in [-0.4, -0.2) is 28.6 Å². The average Bonchev–Trinajstić information content (AvgIpc) is 3.15. The maximum Gasteiger partial charge on any atom is 0.272 e. The number of nitrogens with two attached hydrogens (primary N) is 1. The van der Waals surface area contributed by atoms with E-state index in [2.05, 4.69) is 15.4 Å². The highest BCUT2D eigenvalue weighted by molar-refractivity contribution is 6.44. The Bertz CT molecular complexity index is 1050. The normalized spacial score (nSPS) is 16.2. The van der Waals surface area contributed by atoms with Gasteiger partial charge in [0.25, 0.3) is 5.91 Å². The van der Waals surface area contributed by atoms with Gasteiger partial charge in [-0.25, -0.2) is 0 Å². The topological polar surface area (TPSA) is 101 Å². The number of pyridine rings is 1. The number of anilines is 2. The molecule has 7 heteroatoms. The number of fused-ring (bicyclic) bond motifs is 1. The van der Waals surface area contributed by atoms with Crippen LogP contribution in [0.1, 0.15) is 6.42 Å². The van der Waals surface area contributed by atoms with Gasteiger partial charge in [0, 0.05) is 11.8 Å². The molecule has 0 saturated heterocycles. The quantitative estimate of drug-likeness (QED) is 0.746. The lowest BCUT2D eigenvalue weighted by Crippen LogP contribution is -2.39. The Morgan fingerprint density at radius 2 is 1.81 bits per heavy atom. The molecule has 27 heavy (non-hydrogen) atoms. The van der Waals surface area contributed by atoms with E-state index in [-0.39, 0.29) is 18.0 Å². The maximum absolute atomic E-state index is 12.6. The standard InChI is InChI=1S/C20H17N5O2/c21-19(26)18-11-17(24-25(18)15-7-2-1-3-8-15)20(27)23-14-10-13-6-4-5-9-16(13)22-12-14/h1-10,12,18H,11H2,(H2,21,26)(H,23,27)/t18-/m0/s1. The summed E-state index contributed by atoms with van der Waals surface area (Å²) < 4.78 is 0. The first kappa shape index (κ1) is 16.7. The van der Waals surface area contributed by atoms with Gasteiger partial charge in [0.1, 0.15) is 11.8 Å². The lowest BCUT2D eigenvalue weighted by atomic mass is 10.1. The van der Waals surface area contributed by atoms with E-state index in [0.717, 1.165) is 10.9 Å². The summed E-state index contributed by atoms with van der Waals surface area (Å²) in [6.45, 7) is 0. The van der Waals surface area contributed by atoms with Crippen molar-refractivity contribution >= 4 is 39.8 Å². The Morgan fingerprint density at radius 1 is 1.07 bits per heavy atom. The number of hydrogen-bond donors (Lipinski definition) is 2. The van der Waals surface area contributed by atoms with E-state index < -0.39 is 11.9 Å². The third kappa shape index (κ3) is 3.35. The Labute approximate surface area is 155 Å². The molecule has 134 valence electrons. The van der Waals surface area contributed by atoms with Gasteiger partial charge in [0.2, 0.25) is 5.91 Å². The second-order valence-electron chi connectivity index (χ2n) is 6.22. The number of nitrogens with zero attached hydrogens (tertiary/aromatic N) is 3. The third-order valence-corrected chi connectivity index (χ3v) is 4.37. The van der Waals surface area contributed by atoms with E-state index >= 15 is 0 Å². The molecule has 2 aromatic carbocycles. The summed E-state index contributed by atoms with van der Waals surface area (Å²) in [6, 6.07) is 17.9. The Hall–Kier alpha value is -3.74. The van der Waals surface area contributed by atoms with Gasteiger partial charge in [-0.05, 0) is 24.3 Å². The van der Waals surface area contributed by atoms with Gasteiger partial charge in [-0.2, -0.15) is 5.10 Å². The summed E-state index contributed by atoms with van der Waals surface area (Å²) in [5.74, 6) is -0.908. The fraction of sp³-hybridized carbons (Fsp3) is 0.100. The molecule has 0 fully saturated rings. The van der Waals surface area contributed by atoms with Gasteiger partial charge in [-0.3, -0.25) is 19.6 Å². The second-order valence-corrected chi connectivity index (χ2v) is 6.22. The molecule has 0 radical (unpaired) electrons. The average molecular weight is 359 g/mol. The first-order valence-corrected chi connectivity index (χ1v) is 8.49. The van der Waals surface area contributed by atoms with Crippen LogP contribution in [0.25, 0.3) is 10.9 Å². The molecule has 0 bridgehead atoms. The molecular formula is C20H17N5O2. The van der Waals surface area contributed by atoms with Crippen molar-refractivity contribution in [3.63, 3.8) is 0 Å². The fourth-order valence-electron chi connectivity index (χ4n) is 3.03. The highest BCUT2D eigenvalue weighted by Crippen LogP contribution is 2.25. The molecule has 1 atom stereocenters. The van der Waals surface area contributed by atoms with Crippen LogP contribution in [0, 0.1) is 0 Å². The van der Waals surface area contributed by atoms with E-state index in [1.807, 2.05) is 60.7 Å². The summed E-state index contributed by atoms with van der Waals surface area (Å²) in [7, 11) is 0. The summed E-state index contributed by atoms with van der Waals surface area (Å²) in [5.41, 5.74) is 7.87. The largest absolute Gasteiger partial charge is 0.368 e. The van der Waals surface area contributed by atoms with E-state index in [0.29, 0.717) is 11.4 Å². The minimum absolute atomic E-state index is 0.150. The van der Waals surface area contributed by atoms with Gasteiger partial charge in [-0.1, -0.05) is 36.4 Å². The van der Waals surface area contributed by atoms with Crippen LogP contribution in [0.3, 0.4) is 0 Å². The van der Waals surface area contributed by atoms with Crippen LogP contribution in [0.4, 0.5) is 11.4 Å². The second kappa shape index (κ2) is 6.87. The highest BCUT2D eigenvalue weighted by atomic mass is 16.2. The van der Waals surface area contributed by atoms with Gasteiger partial charge in [-0.15, -0.1) is 0 Å². The summed E-state index contributed by atoms with van der Waals surface area (Å²) in [6.07, 6.45) is 1.74. The zero-order valence-corrected chi connectivity index (χ0v) is 14.4. The Balaban J connectivity index is 1.58. The zero-order chi connectivity index (χ0) is 18.8. The van der Waals surface area contributed by atoms with Gasteiger partial charge >= 0.3 is 0 Å². The van der Waals surface area contributed by atoms with Crippen LogP contribution in [0.2, 0.25) is 0 Å². The smallest absolute Gasteiger partial charge is 0.272 e. The molecule has 2 amide bonds. The minimum Gasteiger partial charge on any atom is -0.368 e. The number of para-hydroxylation sites is 2. The van der Waals surface area contributed by atoms with Crippen LogP contribution in [0.15, 0.2) is 72.0 Å². The number of primary amides is 1. The lowest BCUT2D eigenvalue weighted by molar-refractivity contribution is -0.119. The molecule has 0 saturated carbocycles. The first-order chi connectivity index (χ1) is 13.1. The van der Waals surface area contributed by atoms with Gasteiger partial charge in [0.15, 0.2) is 0 Å². The first-order valence-electron chi connectivity index (χ1n) is 8.49. The number of carbonyl (C=O) groups is 2. The number of aromatic nitrogens is 1. The monoisotopic (exact) mass is 359 g/mol. The molecule has 3 N–H and O–H groups in total. The molecular weight excluding hydrogens is 342 g/mol. The van der Waals surface area contributed by atoms with Crippen molar-refractivity contribution in [2.75, 3.05) is 10.3 Å². The molecule has 0 unspecified atom stereocenters. The Morgan fingerprint density at radius 3 is 2.59 bits per heavy atom. The minimum atomic E-state index is -0.692. The molecule has 0 aliphatic carbocycles. The third-order valence-electron chi connectivity index (χ3n) is 4.37. The number of nitrogens with one attached hydrogen (secondary N) is 1. The highest BCUT2D eigenvalue weighted by Gasteiger charge is 2.34. The Kier molecular flexibility index (Phi) is 4.25. The molecule has 0 spiro atoms. The van der Waals surface area contributed by atoms with Gasteiger partial charge < -0.3 is 11.1 Å². The molecule has 1 aromatic heterocycles. The number of amides is 2. The van der Waals surface area contributed by atoms with Crippen molar-refractivity contribution in [1.29, 1.82) is 0 Å². The van der Waals surface area contributed by atoms with Crippen LogP contribution >= 0.6 is 0 Å². The summed E-state index contributed by atoms with van der Waals surface area (Å²) in [5, 5.41) is 9.55. The molecule has 7 nitrogen and oxygen atoms in total. The fourth-order valence-corrected chi connectivity index (χ4v) is 3.03. The lowest BCUT2D eigenvalue weighted by Gasteiger charge is -2.20. The van der Waals surface area contributed by atoms with E-state index in [1.54, 1.807) is 6.20 Å². The predicted molar refractivity (Wildman–Crippen MR) is 104 cm³/mol. The van der Waals surface area contributed by atoms with Crippen LogP contribution in [-0.2, 0) is 9.59 Å². The number of hydrogen-bond acceptors (Lipinski definition) is 5. The molecule has 3 aromatic rings. The van der Waals surface area contributed by atoms with E-state index in [4.69, 9.17) is 5.73 Å². The van der Waals surface area contributed by atoms with Crippen molar-refractivity contribution in [1.82, 2.24) is 4.98 Å². The van der Waals surface area contributed by atoms with E-state index in [1.165, 1.54) is 5.01 Å². The molecule has 1 aliphatic heterocycles. The van der Waals surface area contributed by atoms with Crippen LogP contribution < -0.4 is 16.1 Å². The van der Waals surface area contributed by atoms with Crippen molar-refractivity contribution in [3.05, 3.63) is 66.9 Å². The van der Waals surface area contributed by atoms with Crippen LogP contribution in [0.5, 0.6) is 0 Å². The summed E-state index contributed by atoms with van der Waals surface area (Å²) >= 11 is 0. The SMILES string of the molecule is NC(=O)[C@@H]1CC(C(=O)Nc2cnc3ccccc3c2)=NN1c1ccccc1. The van der Waals surface area contributed by atoms with Crippen molar-refractivity contribution < 1.29 is 9.59 Å². The van der Waals surface area contributed by atoms with Gasteiger partial charge in [0.05, 0.1) is 23.1 Å². The number of carbonyl (C=O) groups excluding carboxylic acids is 2. The maximum atomic E-state index is 12.6. The molecule has 1 aliphatic rings. The molecule has 2 heterocycles. The number of hydrazone groups is 1. The number of rotatable bonds is 4. The van der Waals surface area contributed by atoms with Crippen molar-refractivity contribution in [2.24, 2.45) is 10.8 Å². The number of benzene rings is 2. The van der Waals surface area contributed by atoms with Crippen molar-refractivity contribution in [2.45, 2.75) is 12.5 Å². The van der Waals surface area contributed by atoms with E-state index in [9.17, 15) is 9.59 Å². The van der Waals surface area contributed by atoms with Crippen molar-refractivity contribution in [3.8, 4) is 0 Å². The summed E-state index contributed by atoms with van der Waals surface area (Å²) in [4.78, 5) is 28.8.